The van der Waals surface area contributed by atoms with E-state index in [0.29, 0.717) is 5.92 Å². The van der Waals surface area contributed by atoms with Gasteiger partial charge in [-0.15, -0.1) is 0 Å². The van der Waals surface area contributed by atoms with Crippen LogP contribution in [0.4, 0.5) is 4.39 Å². The molecule has 2 rings (SSSR count). The molecule has 0 aliphatic heterocycles. The SMILES string of the molecule is CS(=O)(=O)N[C@@H](c1ccc(F)cc1)C1CC1. The van der Waals surface area contributed by atoms with Gasteiger partial charge in [0, 0.05) is 6.04 Å². The van der Waals surface area contributed by atoms with Crippen molar-refractivity contribution in [2.45, 2.75) is 18.9 Å². The van der Waals surface area contributed by atoms with Crippen LogP contribution in [0.5, 0.6) is 0 Å². The molecule has 0 aromatic heterocycles. The number of nitrogens with one attached hydrogen (secondary N) is 1. The first kappa shape index (κ1) is 11.5. The summed E-state index contributed by atoms with van der Waals surface area (Å²) in [6.45, 7) is 0. The van der Waals surface area contributed by atoms with Crippen LogP contribution in [0.15, 0.2) is 24.3 Å². The first-order valence-electron chi connectivity index (χ1n) is 5.18. The van der Waals surface area contributed by atoms with Crippen molar-refractivity contribution in [1.82, 2.24) is 4.72 Å². The molecule has 1 N–H and O–H groups in total. The fraction of sp³-hybridized carbons (Fsp3) is 0.455. The van der Waals surface area contributed by atoms with Gasteiger partial charge >= 0.3 is 0 Å². The first-order valence-corrected chi connectivity index (χ1v) is 7.07. The van der Waals surface area contributed by atoms with Gasteiger partial charge in [-0.25, -0.2) is 17.5 Å². The van der Waals surface area contributed by atoms with Gasteiger partial charge in [-0.05, 0) is 36.5 Å². The lowest BCUT2D eigenvalue weighted by Crippen LogP contribution is -2.28. The average molecular weight is 243 g/mol. The number of hydrogen-bond acceptors (Lipinski definition) is 2. The molecule has 1 atom stereocenters. The maximum absolute atomic E-state index is 12.8. The number of benzene rings is 1. The summed E-state index contributed by atoms with van der Waals surface area (Å²) in [6, 6.07) is 5.77. The lowest BCUT2D eigenvalue weighted by Gasteiger charge is -2.17. The third-order valence-electron chi connectivity index (χ3n) is 2.66. The van der Waals surface area contributed by atoms with Gasteiger partial charge in [0.15, 0.2) is 0 Å². The number of sulfonamides is 1. The molecule has 5 heteroatoms. The van der Waals surface area contributed by atoms with Crippen molar-refractivity contribution in [3.8, 4) is 0 Å². The highest BCUT2D eigenvalue weighted by atomic mass is 32.2. The second kappa shape index (κ2) is 4.14. The minimum Gasteiger partial charge on any atom is -0.213 e. The molecule has 1 aliphatic carbocycles. The molecule has 1 aliphatic rings. The van der Waals surface area contributed by atoms with Crippen LogP contribution < -0.4 is 4.72 Å². The Hall–Kier alpha value is -0.940. The molecule has 0 saturated heterocycles. The topological polar surface area (TPSA) is 46.2 Å². The summed E-state index contributed by atoms with van der Waals surface area (Å²) in [5.74, 6) is 0.0397. The third kappa shape index (κ3) is 3.02. The summed E-state index contributed by atoms with van der Waals surface area (Å²) in [4.78, 5) is 0. The number of hydrogen-bond donors (Lipinski definition) is 1. The molecule has 0 amide bonds. The molecule has 16 heavy (non-hydrogen) atoms. The molecule has 1 aromatic rings. The maximum atomic E-state index is 12.8. The summed E-state index contributed by atoms with van der Waals surface area (Å²) >= 11 is 0. The Morgan fingerprint density at radius 3 is 2.31 bits per heavy atom. The van der Waals surface area contributed by atoms with E-state index in [4.69, 9.17) is 0 Å². The molecule has 0 unspecified atom stereocenters. The fourth-order valence-corrected chi connectivity index (χ4v) is 2.56. The zero-order chi connectivity index (χ0) is 11.8. The molecule has 0 radical (unpaired) electrons. The molecule has 0 bridgehead atoms. The molecule has 1 fully saturated rings. The van der Waals surface area contributed by atoms with Crippen molar-refractivity contribution >= 4 is 10.0 Å². The fourth-order valence-electron chi connectivity index (χ4n) is 1.77. The van der Waals surface area contributed by atoms with Crippen LogP contribution in [0, 0.1) is 11.7 Å². The number of rotatable bonds is 4. The second-order valence-corrected chi connectivity index (χ2v) is 6.04. The van der Waals surface area contributed by atoms with Crippen molar-refractivity contribution in [3.05, 3.63) is 35.6 Å². The van der Waals surface area contributed by atoms with Crippen molar-refractivity contribution < 1.29 is 12.8 Å². The first-order chi connectivity index (χ1) is 7.46. The van der Waals surface area contributed by atoms with Crippen molar-refractivity contribution in [2.24, 2.45) is 5.92 Å². The standard InChI is InChI=1S/C11H14FNO2S/c1-16(14,15)13-11(8-2-3-8)9-4-6-10(12)7-5-9/h4-8,11,13H,2-3H2,1H3/t11-/m1/s1. The second-order valence-electron chi connectivity index (χ2n) is 4.26. The van der Waals surface area contributed by atoms with E-state index in [0.717, 1.165) is 24.7 Å². The Kier molecular flexibility index (Phi) is 2.99. The summed E-state index contributed by atoms with van der Waals surface area (Å²) in [6.07, 6.45) is 3.18. The lowest BCUT2D eigenvalue weighted by atomic mass is 10.0. The normalized spacial score (nSPS) is 18.4. The molecule has 1 saturated carbocycles. The van der Waals surface area contributed by atoms with Crippen LogP contribution in [-0.2, 0) is 10.0 Å². The van der Waals surface area contributed by atoms with Crippen LogP contribution in [0.25, 0.3) is 0 Å². The highest BCUT2D eigenvalue weighted by molar-refractivity contribution is 7.88. The highest BCUT2D eigenvalue weighted by Gasteiger charge is 2.33. The van der Waals surface area contributed by atoms with Gasteiger partial charge in [0.1, 0.15) is 5.82 Å². The Morgan fingerprint density at radius 1 is 1.31 bits per heavy atom. The molecular weight excluding hydrogens is 229 g/mol. The van der Waals surface area contributed by atoms with Crippen LogP contribution in [0.1, 0.15) is 24.4 Å². The van der Waals surface area contributed by atoms with Crippen LogP contribution in [0.3, 0.4) is 0 Å². The van der Waals surface area contributed by atoms with Gasteiger partial charge < -0.3 is 0 Å². The Labute approximate surface area is 94.7 Å². The van der Waals surface area contributed by atoms with E-state index < -0.39 is 10.0 Å². The minimum atomic E-state index is -3.23. The molecule has 88 valence electrons. The predicted octanol–water partition coefficient (Wildman–Crippen LogP) is 1.83. The summed E-state index contributed by atoms with van der Waals surface area (Å²) < 4.78 is 37.8. The molecular formula is C11H14FNO2S. The summed E-state index contributed by atoms with van der Waals surface area (Å²) in [5, 5.41) is 0. The Balaban J connectivity index is 2.22. The van der Waals surface area contributed by atoms with Crippen molar-refractivity contribution in [3.63, 3.8) is 0 Å². The molecule has 0 spiro atoms. The van der Waals surface area contributed by atoms with Crippen LogP contribution >= 0.6 is 0 Å². The van der Waals surface area contributed by atoms with E-state index in [1.54, 1.807) is 12.1 Å². The van der Waals surface area contributed by atoms with Gasteiger partial charge in [-0.2, -0.15) is 0 Å². The van der Waals surface area contributed by atoms with Crippen LogP contribution in [0.2, 0.25) is 0 Å². The van der Waals surface area contributed by atoms with Gasteiger partial charge in [0.05, 0.1) is 6.26 Å². The quantitative estimate of drug-likeness (QED) is 0.877. The van der Waals surface area contributed by atoms with Crippen LogP contribution in [-0.4, -0.2) is 14.7 Å². The Bertz CT molecular complexity index is 465. The third-order valence-corrected chi connectivity index (χ3v) is 3.35. The van der Waals surface area contributed by atoms with Gasteiger partial charge in [-0.1, -0.05) is 12.1 Å². The van der Waals surface area contributed by atoms with Crippen molar-refractivity contribution in [2.75, 3.05) is 6.26 Å². The van der Waals surface area contributed by atoms with Gasteiger partial charge in [-0.3, -0.25) is 0 Å². The maximum Gasteiger partial charge on any atom is 0.209 e. The zero-order valence-corrected chi connectivity index (χ0v) is 9.80. The average Bonchev–Trinajstić information content (AvgIpc) is 2.97. The van der Waals surface area contributed by atoms with E-state index in [1.165, 1.54) is 12.1 Å². The Morgan fingerprint density at radius 2 is 1.88 bits per heavy atom. The van der Waals surface area contributed by atoms with E-state index in [1.807, 2.05) is 0 Å². The monoisotopic (exact) mass is 243 g/mol. The minimum absolute atomic E-state index is 0.212. The van der Waals surface area contributed by atoms with E-state index in [9.17, 15) is 12.8 Å². The van der Waals surface area contributed by atoms with Crippen molar-refractivity contribution in [1.29, 1.82) is 0 Å². The van der Waals surface area contributed by atoms with Gasteiger partial charge in [0.25, 0.3) is 0 Å². The predicted molar refractivity (Wildman–Crippen MR) is 59.8 cm³/mol. The van der Waals surface area contributed by atoms with E-state index in [2.05, 4.69) is 4.72 Å². The zero-order valence-electron chi connectivity index (χ0n) is 8.98. The lowest BCUT2D eigenvalue weighted by molar-refractivity contribution is 0.532. The number of halogens is 1. The van der Waals surface area contributed by atoms with E-state index >= 15 is 0 Å². The highest BCUT2D eigenvalue weighted by Crippen LogP contribution is 2.41. The molecule has 1 aromatic carbocycles. The summed E-state index contributed by atoms with van der Waals surface area (Å²) in [7, 11) is -3.23. The van der Waals surface area contributed by atoms with Gasteiger partial charge in [0.2, 0.25) is 10.0 Å². The smallest absolute Gasteiger partial charge is 0.209 e. The molecule has 0 heterocycles. The molecule has 3 nitrogen and oxygen atoms in total. The summed E-state index contributed by atoms with van der Waals surface area (Å²) in [5.41, 5.74) is 0.828. The largest absolute Gasteiger partial charge is 0.213 e. The van der Waals surface area contributed by atoms with E-state index in [-0.39, 0.29) is 11.9 Å².